The number of anilines is 2. The maximum Gasteiger partial charge on any atom is 0.338 e. The largest absolute Gasteiger partial charge is 0.378 e. The number of benzene rings is 2. The van der Waals surface area contributed by atoms with Crippen LogP contribution in [-0.4, -0.2) is 26.0 Å². The molecule has 0 aliphatic carbocycles. The first kappa shape index (κ1) is 17.9. The summed E-state index contributed by atoms with van der Waals surface area (Å²) in [5.74, 6) is -0.444. The van der Waals surface area contributed by atoms with Crippen molar-refractivity contribution < 1.29 is 9.59 Å². The van der Waals surface area contributed by atoms with Crippen LogP contribution in [0.1, 0.15) is 10.4 Å². The van der Waals surface area contributed by atoms with Crippen LogP contribution in [-0.2, 0) is 0 Å². The zero-order valence-electron chi connectivity index (χ0n) is 13.1. The van der Waals surface area contributed by atoms with E-state index in [1.165, 1.54) is 0 Å². The second-order valence-corrected chi connectivity index (χ2v) is 5.89. The van der Waals surface area contributed by atoms with Crippen molar-refractivity contribution >= 4 is 46.5 Å². The monoisotopic (exact) mass is 366 g/mol. The van der Waals surface area contributed by atoms with Crippen molar-refractivity contribution in [3.63, 3.8) is 0 Å². The van der Waals surface area contributed by atoms with E-state index in [9.17, 15) is 9.59 Å². The standard InChI is InChI=1S/C16H16Cl2N4O2/c1-22(2)11-8-6-10(7-9-11)15(23)20-21-16(24)19-14-12(17)4-3-5-13(14)18/h3-9H,1-2H3,(H,20,23)(H2,19,21,24). The van der Waals surface area contributed by atoms with Gasteiger partial charge in [0.05, 0.1) is 15.7 Å². The molecule has 3 N–H and O–H groups in total. The van der Waals surface area contributed by atoms with Gasteiger partial charge in [0.25, 0.3) is 5.91 Å². The number of hydrogen-bond donors (Lipinski definition) is 3. The zero-order valence-corrected chi connectivity index (χ0v) is 14.6. The highest BCUT2D eigenvalue weighted by atomic mass is 35.5. The minimum absolute atomic E-state index is 0.267. The summed E-state index contributed by atoms with van der Waals surface area (Å²) in [4.78, 5) is 25.7. The van der Waals surface area contributed by atoms with Gasteiger partial charge in [-0.15, -0.1) is 0 Å². The van der Waals surface area contributed by atoms with Crippen molar-refractivity contribution in [2.75, 3.05) is 24.3 Å². The molecule has 0 aliphatic rings. The SMILES string of the molecule is CN(C)c1ccc(C(=O)NNC(=O)Nc2c(Cl)cccc2Cl)cc1. The van der Waals surface area contributed by atoms with Crippen molar-refractivity contribution in [1.82, 2.24) is 10.9 Å². The predicted octanol–water partition coefficient (Wildman–Crippen LogP) is 3.53. The second-order valence-electron chi connectivity index (χ2n) is 5.07. The summed E-state index contributed by atoms with van der Waals surface area (Å²) < 4.78 is 0. The molecule has 0 fully saturated rings. The van der Waals surface area contributed by atoms with E-state index >= 15 is 0 Å². The first-order chi connectivity index (χ1) is 11.4. The molecule has 6 nitrogen and oxygen atoms in total. The maximum absolute atomic E-state index is 12.0. The first-order valence-electron chi connectivity index (χ1n) is 6.97. The van der Waals surface area contributed by atoms with Gasteiger partial charge in [0.1, 0.15) is 0 Å². The molecule has 0 atom stereocenters. The Labute approximate surface area is 149 Å². The Morgan fingerprint density at radius 2 is 1.50 bits per heavy atom. The number of carbonyl (C=O) groups is 2. The topological polar surface area (TPSA) is 73.5 Å². The highest BCUT2D eigenvalue weighted by Crippen LogP contribution is 2.29. The van der Waals surface area contributed by atoms with E-state index in [1.54, 1.807) is 42.5 Å². The van der Waals surface area contributed by atoms with Crippen LogP contribution in [0.3, 0.4) is 0 Å². The van der Waals surface area contributed by atoms with Gasteiger partial charge in [0.15, 0.2) is 0 Å². The number of halogens is 2. The average Bonchev–Trinajstić information content (AvgIpc) is 2.56. The number of amides is 3. The second kappa shape index (κ2) is 7.90. The van der Waals surface area contributed by atoms with Gasteiger partial charge in [0.2, 0.25) is 0 Å². The molecule has 3 amide bonds. The van der Waals surface area contributed by atoms with Gasteiger partial charge in [-0.05, 0) is 36.4 Å². The van der Waals surface area contributed by atoms with Gasteiger partial charge in [0, 0.05) is 25.3 Å². The van der Waals surface area contributed by atoms with Gasteiger partial charge in [-0.25, -0.2) is 10.2 Å². The summed E-state index contributed by atoms with van der Waals surface area (Å²) in [5, 5.41) is 3.06. The Morgan fingerprint density at radius 3 is 2.04 bits per heavy atom. The molecule has 0 unspecified atom stereocenters. The lowest BCUT2D eigenvalue weighted by Gasteiger charge is -2.13. The van der Waals surface area contributed by atoms with Gasteiger partial charge in [-0.2, -0.15) is 0 Å². The van der Waals surface area contributed by atoms with Gasteiger partial charge < -0.3 is 10.2 Å². The van der Waals surface area contributed by atoms with Crippen LogP contribution < -0.4 is 21.1 Å². The normalized spacial score (nSPS) is 10.0. The molecule has 0 bridgehead atoms. The molecule has 0 radical (unpaired) electrons. The number of para-hydroxylation sites is 1. The molecular formula is C16H16Cl2N4O2. The third-order valence-electron chi connectivity index (χ3n) is 3.14. The first-order valence-corrected chi connectivity index (χ1v) is 7.73. The Balaban J connectivity index is 1.92. The van der Waals surface area contributed by atoms with E-state index in [2.05, 4.69) is 16.2 Å². The lowest BCUT2D eigenvalue weighted by molar-refractivity contribution is 0.0938. The number of urea groups is 1. The summed E-state index contributed by atoms with van der Waals surface area (Å²) >= 11 is 11.9. The Kier molecular flexibility index (Phi) is 5.89. The minimum atomic E-state index is -0.664. The highest BCUT2D eigenvalue weighted by molar-refractivity contribution is 6.39. The van der Waals surface area contributed by atoms with Crippen molar-refractivity contribution in [1.29, 1.82) is 0 Å². The molecule has 0 spiro atoms. The molecule has 24 heavy (non-hydrogen) atoms. The molecule has 2 rings (SSSR count). The van der Waals surface area contributed by atoms with Crippen molar-refractivity contribution in [3.8, 4) is 0 Å². The van der Waals surface area contributed by atoms with Crippen LogP contribution in [0.15, 0.2) is 42.5 Å². The van der Waals surface area contributed by atoms with Crippen molar-refractivity contribution in [2.24, 2.45) is 0 Å². The molecular weight excluding hydrogens is 351 g/mol. The molecule has 0 saturated heterocycles. The number of hydrogen-bond acceptors (Lipinski definition) is 3. The van der Waals surface area contributed by atoms with Crippen LogP contribution in [0, 0.1) is 0 Å². The Morgan fingerprint density at radius 1 is 0.917 bits per heavy atom. The maximum atomic E-state index is 12.0. The molecule has 0 heterocycles. The van der Waals surface area contributed by atoms with Crippen LogP contribution in [0.25, 0.3) is 0 Å². The highest BCUT2D eigenvalue weighted by Gasteiger charge is 2.11. The summed E-state index contributed by atoms with van der Waals surface area (Å²) in [7, 11) is 3.81. The van der Waals surface area contributed by atoms with Crippen LogP contribution in [0.5, 0.6) is 0 Å². The van der Waals surface area contributed by atoms with E-state index in [0.717, 1.165) is 5.69 Å². The van der Waals surface area contributed by atoms with Crippen LogP contribution in [0.2, 0.25) is 10.0 Å². The van der Waals surface area contributed by atoms with Crippen LogP contribution >= 0.6 is 23.2 Å². The molecule has 2 aromatic carbocycles. The Hall–Kier alpha value is -2.44. The van der Waals surface area contributed by atoms with E-state index in [0.29, 0.717) is 15.6 Å². The van der Waals surface area contributed by atoms with Crippen molar-refractivity contribution in [2.45, 2.75) is 0 Å². The molecule has 2 aromatic rings. The number of carbonyl (C=O) groups excluding carboxylic acids is 2. The average molecular weight is 367 g/mol. The molecule has 8 heteroatoms. The zero-order chi connectivity index (χ0) is 17.7. The van der Waals surface area contributed by atoms with Gasteiger partial charge in [-0.1, -0.05) is 29.3 Å². The fourth-order valence-electron chi connectivity index (χ4n) is 1.86. The lowest BCUT2D eigenvalue weighted by atomic mass is 10.2. The number of nitrogens with one attached hydrogen (secondary N) is 3. The Bertz CT molecular complexity index is 728. The van der Waals surface area contributed by atoms with Gasteiger partial charge in [-0.3, -0.25) is 10.2 Å². The van der Waals surface area contributed by atoms with Crippen LogP contribution in [0.4, 0.5) is 16.2 Å². The summed E-state index contributed by atoms with van der Waals surface area (Å²) in [6.45, 7) is 0. The van der Waals surface area contributed by atoms with E-state index in [4.69, 9.17) is 23.2 Å². The lowest BCUT2D eigenvalue weighted by Crippen LogP contribution is -2.44. The smallest absolute Gasteiger partial charge is 0.338 e. The third-order valence-corrected chi connectivity index (χ3v) is 3.77. The fourth-order valence-corrected chi connectivity index (χ4v) is 2.35. The number of nitrogens with zero attached hydrogens (tertiary/aromatic N) is 1. The molecule has 0 aliphatic heterocycles. The molecule has 126 valence electrons. The number of hydrazine groups is 1. The van der Waals surface area contributed by atoms with Gasteiger partial charge >= 0.3 is 6.03 Å². The van der Waals surface area contributed by atoms with Crippen molar-refractivity contribution in [3.05, 3.63) is 58.1 Å². The third kappa shape index (κ3) is 4.53. The predicted molar refractivity (Wildman–Crippen MR) is 96.9 cm³/mol. The quantitative estimate of drug-likeness (QED) is 0.727. The fraction of sp³-hybridized carbons (Fsp3) is 0.125. The minimum Gasteiger partial charge on any atom is -0.378 e. The van der Waals surface area contributed by atoms with E-state index in [1.807, 2.05) is 19.0 Å². The molecule has 0 saturated carbocycles. The summed E-state index contributed by atoms with van der Waals surface area (Å²) in [5.41, 5.74) is 6.19. The number of rotatable bonds is 3. The summed E-state index contributed by atoms with van der Waals surface area (Å²) in [6.07, 6.45) is 0. The van der Waals surface area contributed by atoms with E-state index in [-0.39, 0.29) is 5.69 Å². The van der Waals surface area contributed by atoms with E-state index < -0.39 is 11.9 Å². The molecule has 0 aromatic heterocycles. The summed E-state index contributed by atoms with van der Waals surface area (Å²) in [6, 6.07) is 11.1.